The number of hydrogen-bond donors (Lipinski definition) is 2. The van der Waals surface area contributed by atoms with Gasteiger partial charge in [0.25, 0.3) is 0 Å². The van der Waals surface area contributed by atoms with Crippen molar-refractivity contribution in [3.8, 4) is 23.0 Å². The zero-order chi connectivity index (χ0) is 18.1. The highest BCUT2D eigenvalue weighted by atomic mass is 16.7. The summed E-state index contributed by atoms with van der Waals surface area (Å²) >= 11 is 0. The molecule has 2 aliphatic heterocycles. The average Bonchev–Trinajstić information content (AvgIpc) is 3.12. The predicted octanol–water partition coefficient (Wildman–Crippen LogP) is 2.00. The van der Waals surface area contributed by atoms with Gasteiger partial charge in [0.2, 0.25) is 12.5 Å². The minimum atomic E-state index is 0.0705. The normalized spacial score (nSPS) is 20.4. The smallest absolute Gasteiger partial charge is 0.231 e. The molecule has 2 aromatic carbocycles. The molecule has 0 saturated heterocycles. The Balaban J connectivity index is 1.69. The van der Waals surface area contributed by atoms with Crippen molar-refractivity contribution in [3.05, 3.63) is 41.5 Å². The molecule has 26 heavy (non-hydrogen) atoms. The van der Waals surface area contributed by atoms with Gasteiger partial charge in [0.15, 0.2) is 17.7 Å². The molecule has 0 aromatic heterocycles. The molecule has 138 valence electrons. The number of hydrogen-bond acceptors (Lipinski definition) is 5. The number of nitrogens with one attached hydrogen (secondary N) is 2. The number of fused-ring (bicyclic) bond motifs is 2. The highest BCUT2D eigenvalue weighted by Gasteiger charge is 2.36. The first kappa shape index (κ1) is 16.8. The summed E-state index contributed by atoms with van der Waals surface area (Å²) in [7, 11) is 3.88. The molecule has 1 unspecified atom stereocenters. The van der Waals surface area contributed by atoms with Gasteiger partial charge in [-0.1, -0.05) is 0 Å². The van der Waals surface area contributed by atoms with Gasteiger partial charge in [-0.3, -0.25) is 0 Å². The number of likely N-dealkylation sites (N-methyl/N-ethyl adjacent to an activating group) is 1. The van der Waals surface area contributed by atoms with Crippen molar-refractivity contribution in [2.75, 3.05) is 39.4 Å². The second-order valence-corrected chi connectivity index (χ2v) is 6.60. The quantitative estimate of drug-likeness (QED) is 0.857. The van der Waals surface area contributed by atoms with Crippen LogP contribution in [0.3, 0.4) is 0 Å². The highest BCUT2D eigenvalue weighted by molar-refractivity contribution is 5.62. The Hall–Kier alpha value is -2.60. The van der Waals surface area contributed by atoms with Crippen LogP contribution in [0.1, 0.15) is 24.2 Å². The zero-order valence-electron chi connectivity index (χ0n) is 15.4. The molecule has 0 bridgehead atoms. The van der Waals surface area contributed by atoms with Crippen LogP contribution in [-0.4, -0.2) is 34.1 Å². The molecular weight excluding hydrogens is 332 g/mol. The van der Waals surface area contributed by atoms with Crippen molar-refractivity contribution in [3.63, 3.8) is 0 Å². The maximum absolute atomic E-state index is 5.74. The van der Waals surface area contributed by atoms with E-state index in [4.69, 9.17) is 18.9 Å². The number of quaternary nitrogens is 1. The van der Waals surface area contributed by atoms with Crippen molar-refractivity contribution in [2.24, 2.45) is 0 Å². The van der Waals surface area contributed by atoms with Crippen LogP contribution in [0.2, 0.25) is 0 Å². The topological polar surface area (TPSA) is 53.4 Å². The molecule has 6 heteroatoms. The third-order valence-electron chi connectivity index (χ3n) is 4.99. The van der Waals surface area contributed by atoms with Gasteiger partial charge in [-0.05, 0) is 42.8 Å². The molecule has 0 spiro atoms. The Morgan fingerprint density at radius 2 is 2.04 bits per heavy atom. The number of benzene rings is 2. The standard InChI is InChI=1S/C20H24N2O4/c1-4-24-15-7-5-14(6-8-15)21-20-17-13(9-10-22(20)2)11-16-18(19(17)23-3)26-12-25-16/h5-8,11,20-21H,4,9-10,12H2,1-3H3/p+1/t20-/m1/s1. The van der Waals surface area contributed by atoms with E-state index >= 15 is 0 Å². The Bertz CT molecular complexity index is 791. The molecule has 6 nitrogen and oxygen atoms in total. The van der Waals surface area contributed by atoms with Gasteiger partial charge in [0.1, 0.15) is 5.75 Å². The van der Waals surface area contributed by atoms with Crippen molar-refractivity contribution in [1.29, 1.82) is 0 Å². The van der Waals surface area contributed by atoms with E-state index in [2.05, 4.69) is 18.4 Å². The molecule has 4 rings (SSSR count). The van der Waals surface area contributed by atoms with E-state index in [0.29, 0.717) is 12.4 Å². The average molecular weight is 357 g/mol. The molecule has 2 N–H and O–H groups in total. The lowest BCUT2D eigenvalue weighted by Crippen LogP contribution is -3.11. The monoisotopic (exact) mass is 357 g/mol. The van der Waals surface area contributed by atoms with Crippen molar-refractivity contribution >= 4 is 5.69 Å². The lowest BCUT2D eigenvalue weighted by Gasteiger charge is -2.33. The second-order valence-electron chi connectivity index (χ2n) is 6.60. The number of methoxy groups -OCH3 is 1. The summed E-state index contributed by atoms with van der Waals surface area (Å²) in [5.41, 5.74) is 3.44. The largest absolute Gasteiger partial charge is 0.494 e. The van der Waals surface area contributed by atoms with E-state index in [0.717, 1.165) is 41.5 Å². The van der Waals surface area contributed by atoms with Crippen molar-refractivity contribution < 1.29 is 23.8 Å². The van der Waals surface area contributed by atoms with Crippen molar-refractivity contribution in [1.82, 2.24) is 0 Å². The van der Waals surface area contributed by atoms with Crippen LogP contribution in [-0.2, 0) is 6.42 Å². The van der Waals surface area contributed by atoms with Gasteiger partial charge >= 0.3 is 0 Å². The van der Waals surface area contributed by atoms with Gasteiger partial charge < -0.3 is 29.2 Å². The third-order valence-corrected chi connectivity index (χ3v) is 4.99. The van der Waals surface area contributed by atoms with Crippen LogP contribution < -0.4 is 29.2 Å². The second kappa shape index (κ2) is 6.96. The fourth-order valence-corrected chi connectivity index (χ4v) is 3.70. The minimum absolute atomic E-state index is 0.0705. The lowest BCUT2D eigenvalue weighted by atomic mass is 9.94. The van der Waals surface area contributed by atoms with E-state index in [-0.39, 0.29) is 13.0 Å². The van der Waals surface area contributed by atoms with Crippen LogP contribution in [0.5, 0.6) is 23.0 Å². The lowest BCUT2D eigenvalue weighted by molar-refractivity contribution is -0.910. The van der Waals surface area contributed by atoms with Crippen molar-refractivity contribution in [2.45, 2.75) is 19.5 Å². The molecular formula is C20H25N2O4+. The summed E-state index contributed by atoms with van der Waals surface area (Å²) in [6.07, 6.45) is 1.05. The summed E-state index contributed by atoms with van der Waals surface area (Å²) in [5.74, 6) is 3.14. The Labute approximate surface area is 153 Å². The summed E-state index contributed by atoms with van der Waals surface area (Å²) in [6, 6.07) is 10.2. The Kier molecular flexibility index (Phi) is 4.51. The van der Waals surface area contributed by atoms with Crippen LogP contribution in [0.4, 0.5) is 5.69 Å². The highest BCUT2D eigenvalue weighted by Crippen LogP contribution is 2.47. The van der Waals surface area contributed by atoms with E-state index in [9.17, 15) is 0 Å². The van der Waals surface area contributed by atoms with Gasteiger partial charge in [0.05, 0.1) is 32.9 Å². The van der Waals surface area contributed by atoms with Gasteiger partial charge in [-0.25, -0.2) is 0 Å². The number of ether oxygens (including phenoxy) is 4. The summed E-state index contributed by atoms with van der Waals surface area (Å²) in [5, 5.41) is 3.65. The van der Waals surface area contributed by atoms with Gasteiger partial charge in [0, 0.05) is 12.1 Å². The van der Waals surface area contributed by atoms with Crippen LogP contribution >= 0.6 is 0 Å². The first-order valence-electron chi connectivity index (χ1n) is 9.02. The maximum Gasteiger partial charge on any atom is 0.231 e. The number of anilines is 1. The van der Waals surface area contributed by atoms with Gasteiger partial charge in [-0.15, -0.1) is 0 Å². The first-order chi connectivity index (χ1) is 12.7. The fourth-order valence-electron chi connectivity index (χ4n) is 3.70. The molecule has 2 aliphatic rings. The molecule has 2 aromatic rings. The summed E-state index contributed by atoms with van der Waals surface area (Å²) < 4.78 is 22.5. The molecule has 0 saturated carbocycles. The Morgan fingerprint density at radius 1 is 1.23 bits per heavy atom. The minimum Gasteiger partial charge on any atom is -0.494 e. The Morgan fingerprint density at radius 3 is 2.77 bits per heavy atom. The summed E-state index contributed by atoms with van der Waals surface area (Å²) in [6.45, 7) is 3.93. The molecule has 0 amide bonds. The van der Waals surface area contributed by atoms with E-state index in [1.165, 1.54) is 10.5 Å². The molecule has 0 aliphatic carbocycles. The maximum atomic E-state index is 5.74. The molecule has 0 fully saturated rings. The van der Waals surface area contributed by atoms with Crippen LogP contribution in [0.15, 0.2) is 30.3 Å². The van der Waals surface area contributed by atoms with E-state index in [1.807, 2.05) is 31.2 Å². The van der Waals surface area contributed by atoms with E-state index in [1.54, 1.807) is 7.11 Å². The third kappa shape index (κ3) is 2.90. The van der Waals surface area contributed by atoms with Crippen LogP contribution in [0.25, 0.3) is 0 Å². The number of rotatable bonds is 5. The summed E-state index contributed by atoms with van der Waals surface area (Å²) in [4.78, 5) is 1.38. The van der Waals surface area contributed by atoms with Crippen LogP contribution in [0, 0.1) is 0 Å². The predicted molar refractivity (Wildman–Crippen MR) is 98.5 cm³/mol. The van der Waals surface area contributed by atoms with E-state index < -0.39 is 0 Å². The van der Waals surface area contributed by atoms with Gasteiger partial charge in [-0.2, -0.15) is 0 Å². The fraction of sp³-hybridized carbons (Fsp3) is 0.400. The SMILES string of the molecule is CCOc1ccc(N[C@H]2c3c(cc4c(c3OC)OCO4)CC[NH+]2C)cc1. The molecule has 2 heterocycles. The molecule has 0 radical (unpaired) electrons. The zero-order valence-corrected chi connectivity index (χ0v) is 15.4. The first-order valence-corrected chi connectivity index (χ1v) is 9.02. The molecule has 2 atom stereocenters.